The minimum atomic E-state index is -0.935. The molecule has 0 saturated carbocycles. The van der Waals surface area contributed by atoms with Crippen LogP contribution in [-0.2, 0) is 21.7 Å². The van der Waals surface area contributed by atoms with Gasteiger partial charge in [-0.15, -0.1) is 0 Å². The number of aliphatic hydroxyl groups is 1. The Morgan fingerprint density at radius 3 is 2.80 bits per heavy atom. The fourth-order valence-electron chi connectivity index (χ4n) is 2.32. The standard InChI is InChI=1S/C14H15ClN2O3/c15-11-3-1-10(2-4-11)14(7-13-16-5-6-17-13)19-9-12(8-18)20-14/h1-6,12,18H,7-9H2,(H,16,17)/t12-,14+/m1/s1. The van der Waals surface area contributed by atoms with Crippen LogP contribution in [0.25, 0.3) is 0 Å². The first-order valence-electron chi connectivity index (χ1n) is 6.39. The maximum absolute atomic E-state index is 9.27. The number of nitrogens with zero attached hydrogens (tertiary/aromatic N) is 1. The molecule has 5 nitrogen and oxygen atoms in total. The third-order valence-corrected chi connectivity index (χ3v) is 3.55. The quantitative estimate of drug-likeness (QED) is 0.903. The zero-order valence-corrected chi connectivity index (χ0v) is 11.5. The van der Waals surface area contributed by atoms with Crippen molar-refractivity contribution in [3.63, 3.8) is 0 Å². The Morgan fingerprint density at radius 2 is 2.20 bits per heavy atom. The molecule has 2 heterocycles. The Bertz CT molecular complexity index is 558. The molecule has 106 valence electrons. The minimum Gasteiger partial charge on any atom is -0.394 e. The van der Waals surface area contributed by atoms with Gasteiger partial charge in [0.05, 0.1) is 19.6 Å². The zero-order chi connectivity index (χ0) is 14.0. The molecule has 0 radical (unpaired) electrons. The number of aliphatic hydroxyl groups excluding tert-OH is 1. The maximum atomic E-state index is 9.27. The second-order valence-electron chi connectivity index (χ2n) is 4.71. The van der Waals surface area contributed by atoms with Crippen LogP contribution in [0.5, 0.6) is 0 Å². The van der Waals surface area contributed by atoms with E-state index in [2.05, 4.69) is 9.97 Å². The van der Waals surface area contributed by atoms with Gasteiger partial charge in [-0.2, -0.15) is 0 Å². The Morgan fingerprint density at radius 1 is 1.40 bits per heavy atom. The Kier molecular flexibility index (Phi) is 3.76. The normalized spacial score (nSPS) is 26.0. The lowest BCUT2D eigenvalue weighted by molar-refractivity contribution is -0.180. The van der Waals surface area contributed by atoms with Gasteiger partial charge in [0, 0.05) is 23.0 Å². The molecular formula is C14H15ClN2O3. The molecule has 1 aromatic heterocycles. The van der Waals surface area contributed by atoms with Crippen molar-refractivity contribution in [1.29, 1.82) is 0 Å². The number of aromatic amines is 1. The average molecular weight is 295 g/mol. The summed E-state index contributed by atoms with van der Waals surface area (Å²) in [5.41, 5.74) is 0.856. The van der Waals surface area contributed by atoms with Gasteiger partial charge in [-0.3, -0.25) is 0 Å². The van der Waals surface area contributed by atoms with Gasteiger partial charge in [0.15, 0.2) is 0 Å². The van der Waals surface area contributed by atoms with E-state index in [1.165, 1.54) is 0 Å². The molecule has 6 heteroatoms. The molecule has 1 aromatic carbocycles. The second-order valence-corrected chi connectivity index (χ2v) is 5.14. The topological polar surface area (TPSA) is 67.4 Å². The number of hydrogen-bond donors (Lipinski definition) is 2. The van der Waals surface area contributed by atoms with E-state index < -0.39 is 5.79 Å². The largest absolute Gasteiger partial charge is 0.394 e. The first kappa shape index (κ1) is 13.6. The summed E-state index contributed by atoms with van der Waals surface area (Å²) < 4.78 is 11.8. The fraction of sp³-hybridized carbons (Fsp3) is 0.357. The zero-order valence-electron chi connectivity index (χ0n) is 10.8. The molecule has 1 saturated heterocycles. The SMILES string of the molecule is OC[C@@H]1CO[C@](Cc2ncc[nH]2)(c2ccc(Cl)cc2)O1. The predicted molar refractivity (Wildman–Crippen MR) is 73.3 cm³/mol. The average Bonchev–Trinajstić information content (AvgIpc) is 3.10. The number of ether oxygens (including phenoxy) is 2. The lowest BCUT2D eigenvalue weighted by atomic mass is 10.0. The molecule has 0 aliphatic carbocycles. The van der Waals surface area contributed by atoms with Crippen molar-refractivity contribution in [2.24, 2.45) is 0 Å². The van der Waals surface area contributed by atoms with Gasteiger partial charge in [-0.1, -0.05) is 23.7 Å². The van der Waals surface area contributed by atoms with E-state index in [9.17, 15) is 5.11 Å². The molecular weight excluding hydrogens is 280 g/mol. The number of imidazole rings is 1. The lowest BCUT2D eigenvalue weighted by Gasteiger charge is -2.27. The van der Waals surface area contributed by atoms with Crippen LogP contribution in [0.2, 0.25) is 5.02 Å². The third-order valence-electron chi connectivity index (χ3n) is 3.30. The lowest BCUT2D eigenvalue weighted by Crippen LogP contribution is -2.32. The number of halogens is 1. The number of nitrogens with one attached hydrogen (secondary N) is 1. The highest BCUT2D eigenvalue weighted by atomic mass is 35.5. The van der Waals surface area contributed by atoms with E-state index in [0.29, 0.717) is 18.1 Å². The van der Waals surface area contributed by atoms with E-state index in [4.69, 9.17) is 21.1 Å². The van der Waals surface area contributed by atoms with Gasteiger partial charge in [0.2, 0.25) is 5.79 Å². The summed E-state index contributed by atoms with van der Waals surface area (Å²) in [5.74, 6) is -0.172. The highest BCUT2D eigenvalue weighted by Gasteiger charge is 2.43. The molecule has 2 aromatic rings. The summed E-state index contributed by atoms with van der Waals surface area (Å²) in [4.78, 5) is 7.26. The Balaban J connectivity index is 1.93. The van der Waals surface area contributed by atoms with Gasteiger partial charge < -0.3 is 19.6 Å². The van der Waals surface area contributed by atoms with Crippen molar-refractivity contribution in [3.8, 4) is 0 Å². The van der Waals surface area contributed by atoms with Crippen LogP contribution in [0.3, 0.4) is 0 Å². The Labute approximate surface area is 121 Å². The summed E-state index contributed by atoms with van der Waals surface area (Å²) in [6.07, 6.45) is 3.55. The van der Waals surface area contributed by atoms with Crippen LogP contribution in [0.4, 0.5) is 0 Å². The number of aromatic nitrogens is 2. The van der Waals surface area contributed by atoms with E-state index >= 15 is 0 Å². The molecule has 20 heavy (non-hydrogen) atoms. The highest BCUT2D eigenvalue weighted by molar-refractivity contribution is 6.30. The van der Waals surface area contributed by atoms with Crippen LogP contribution in [0.1, 0.15) is 11.4 Å². The van der Waals surface area contributed by atoms with Crippen molar-refractivity contribution >= 4 is 11.6 Å². The molecule has 0 spiro atoms. The van der Waals surface area contributed by atoms with Gasteiger partial charge in [0.25, 0.3) is 0 Å². The predicted octanol–water partition coefficient (Wildman–Crippen LogP) is 1.87. The van der Waals surface area contributed by atoms with Crippen LogP contribution in [0, 0.1) is 0 Å². The van der Waals surface area contributed by atoms with Crippen molar-refractivity contribution in [3.05, 3.63) is 53.1 Å². The van der Waals surface area contributed by atoms with Gasteiger partial charge in [-0.25, -0.2) is 4.98 Å². The van der Waals surface area contributed by atoms with E-state index in [1.807, 2.05) is 12.1 Å². The first-order chi connectivity index (χ1) is 9.72. The van der Waals surface area contributed by atoms with Crippen molar-refractivity contribution < 1.29 is 14.6 Å². The number of hydrogen-bond acceptors (Lipinski definition) is 4. The van der Waals surface area contributed by atoms with Gasteiger partial charge >= 0.3 is 0 Å². The molecule has 2 atom stereocenters. The maximum Gasteiger partial charge on any atom is 0.202 e. The summed E-state index contributed by atoms with van der Waals surface area (Å²) in [6, 6.07) is 7.32. The molecule has 0 bridgehead atoms. The van der Waals surface area contributed by atoms with E-state index in [-0.39, 0.29) is 12.7 Å². The Hall–Kier alpha value is -1.40. The summed E-state index contributed by atoms with van der Waals surface area (Å²) >= 11 is 5.92. The van der Waals surface area contributed by atoms with Gasteiger partial charge in [0.1, 0.15) is 11.9 Å². The smallest absolute Gasteiger partial charge is 0.202 e. The van der Waals surface area contributed by atoms with Crippen molar-refractivity contribution in [1.82, 2.24) is 9.97 Å². The van der Waals surface area contributed by atoms with Crippen molar-refractivity contribution in [2.45, 2.75) is 18.3 Å². The van der Waals surface area contributed by atoms with Crippen molar-refractivity contribution in [2.75, 3.05) is 13.2 Å². The van der Waals surface area contributed by atoms with Crippen LogP contribution < -0.4 is 0 Å². The molecule has 1 aliphatic heterocycles. The molecule has 3 rings (SSSR count). The van der Waals surface area contributed by atoms with Gasteiger partial charge in [-0.05, 0) is 12.1 Å². The monoisotopic (exact) mass is 294 g/mol. The van der Waals surface area contributed by atoms with E-state index in [1.54, 1.807) is 24.5 Å². The summed E-state index contributed by atoms with van der Waals surface area (Å²) in [6.45, 7) is 0.271. The molecule has 1 fully saturated rings. The molecule has 2 N–H and O–H groups in total. The number of rotatable bonds is 4. The second kappa shape index (κ2) is 5.54. The summed E-state index contributed by atoms with van der Waals surface area (Å²) in [7, 11) is 0. The molecule has 0 unspecified atom stereocenters. The molecule has 1 aliphatic rings. The van der Waals surface area contributed by atoms with Crippen LogP contribution in [0.15, 0.2) is 36.7 Å². The number of H-pyrrole nitrogens is 1. The summed E-state index contributed by atoms with van der Waals surface area (Å²) in [5, 5.41) is 9.92. The van der Waals surface area contributed by atoms with E-state index in [0.717, 1.165) is 11.4 Å². The third kappa shape index (κ3) is 2.58. The fourth-order valence-corrected chi connectivity index (χ4v) is 2.45. The number of benzene rings is 1. The first-order valence-corrected chi connectivity index (χ1v) is 6.76. The van der Waals surface area contributed by atoms with Crippen LogP contribution >= 0.6 is 11.6 Å². The minimum absolute atomic E-state index is 0.0759. The molecule has 0 amide bonds. The van der Waals surface area contributed by atoms with Crippen LogP contribution in [-0.4, -0.2) is 34.4 Å². The highest BCUT2D eigenvalue weighted by Crippen LogP contribution is 2.37.